The van der Waals surface area contributed by atoms with Crippen molar-refractivity contribution in [2.75, 3.05) is 13.6 Å². The van der Waals surface area contributed by atoms with E-state index >= 15 is 0 Å². The molecule has 5 nitrogen and oxygen atoms in total. The van der Waals surface area contributed by atoms with Crippen LogP contribution in [0.15, 0.2) is 6.20 Å². The van der Waals surface area contributed by atoms with Crippen molar-refractivity contribution in [3.63, 3.8) is 0 Å². The summed E-state index contributed by atoms with van der Waals surface area (Å²) in [5, 5.41) is 10.8. The van der Waals surface area contributed by atoms with Gasteiger partial charge in [-0.2, -0.15) is 5.10 Å². The first-order valence-corrected chi connectivity index (χ1v) is 7.51. The molecule has 0 unspecified atom stereocenters. The Morgan fingerprint density at radius 3 is 2.33 bits per heavy atom. The molecular weight excluding hydrogens is 264 g/mol. The molecule has 1 aromatic rings. The molecule has 0 spiro atoms. The van der Waals surface area contributed by atoms with E-state index in [-0.39, 0.29) is 17.5 Å². The molecule has 120 valence electrons. The molecule has 1 amide bonds. The SMILES string of the molecule is CNC(=O)C(C)(C)CN[C@@H](C)c1cn(C(C)(C)C)nc1C. The summed E-state index contributed by atoms with van der Waals surface area (Å²) >= 11 is 0. The van der Waals surface area contributed by atoms with Crippen molar-refractivity contribution in [1.82, 2.24) is 20.4 Å². The minimum Gasteiger partial charge on any atom is -0.359 e. The summed E-state index contributed by atoms with van der Waals surface area (Å²) in [6.45, 7) is 15.0. The summed E-state index contributed by atoms with van der Waals surface area (Å²) in [6.07, 6.45) is 2.10. The van der Waals surface area contributed by atoms with Gasteiger partial charge in [0.25, 0.3) is 0 Å². The average molecular weight is 294 g/mol. The second-order valence-corrected chi connectivity index (χ2v) is 7.35. The van der Waals surface area contributed by atoms with Gasteiger partial charge in [-0.25, -0.2) is 0 Å². The number of aryl methyl sites for hydroxylation is 1. The highest BCUT2D eigenvalue weighted by molar-refractivity contribution is 5.81. The van der Waals surface area contributed by atoms with E-state index in [1.165, 1.54) is 5.56 Å². The van der Waals surface area contributed by atoms with Crippen molar-refractivity contribution >= 4 is 5.91 Å². The Kier molecular flexibility index (Phi) is 5.20. The molecular formula is C16H30N4O. The largest absolute Gasteiger partial charge is 0.359 e. The molecule has 2 N–H and O–H groups in total. The number of aromatic nitrogens is 2. The van der Waals surface area contributed by atoms with Crippen LogP contribution in [0.2, 0.25) is 0 Å². The summed E-state index contributed by atoms with van der Waals surface area (Å²) in [5.74, 6) is 0.0457. The third-order valence-electron chi connectivity index (χ3n) is 3.78. The molecule has 1 atom stereocenters. The van der Waals surface area contributed by atoms with Crippen LogP contribution in [0.5, 0.6) is 0 Å². The van der Waals surface area contributed by atoms with Crippen LogP contribution >= 0.6 is 0 Å². The Balaban J connectivity index is 2.79. The summed E-state index contributed by atoms with van der Waals surface area (Å²) in [7, 11) is 1.67. The van der Waals surface area contributed by atoms with E-state index in [1.807, 2.05) is 25.5 Å². The molecule has 0 saturated carbocycles. The first kappa shape index (κ1) is 17.7. The van der Waals surface area contributed by atoms with Gasteiger partial charge in [0, 0.05) is 31.4 Å². The van der Waals surface area contributed by atoms with Gasteiger partial charge in [0.05, 0.1) is 16.6 Å². The highest BCUT2D eigenvalue weighted by atomic mass is 16.2. The van der Waals surface area contributed by atoms with Gasteiger partial charge in [-0.15, -0.1) is 0 Å². The van der Waals surface area contributed by atoms with Crippen LogP contribution in [0.3, 0.4) is 0 Å². The lowest BCUT2D eigenvalue weighted by molar-refractivity contribution is -0.128. The fourth-order valence-corrected chi connectivity index (χ4v) is 2.18. The molecule has 0 saturated heterocycles. The first-order chi connectivity index (χ1) is 9.49. The van der Waals surface area contributed by atoms with Crippen molar-refractivity contribution in [1.29, 1.82) is 0 Å². The fourth-order valence-electron chi connectivity index (χ4n) is 2.18. The van der Waals surface area contributed by atoms with Gasteiger partial charge in [0.15, 0.2) is 0 Å². The number of rotatable bonds is 5. The maximum Gasteiger partial charge on any atom is 0.226 e. The Morgan fingerprint density at radius 1 is 1.33 bits per heavy atom. The minimum atomic E-state index is -0.434. The van der Waals surface area contributed by atoms with Crippen LogP contribution in [-0.4, -0.2) is 29.3 Å². The summed E-state index contributed by atoms with van der Waals surface area (Å²) in [4.78, 5) is 11.8. The van der Waals surface area contributed by atoms with Crippen LogP contribution in [0.25, 0.3) is 0 Å². The quantitative estimate of drug-likeness (QED) is 0.876. The van der Waals surface area contributed by atoms with E-state index in [2.05, 4.69) is 49.6 Å². The topological polar surface area (TPSA) is 59.0 Å². The number of nitrogens with zero attached hydrogens (tertiary/aromatic N) is 2. The molecule has 21 heavy (non-hydrogen) atoms. The van der Waals surface area contributed by atoms with Crippen molar-refractivity contribution in [2.45, 2.75) is 60.0 Å². The van der Waals surface area contributed by atoms with Gasteiger partial charge < -0.3 is 10.6 Å². The average Bonchev–Trinajstić information content (AvgIpc) is 2.77. The van der Waals surface area contributed by atoms with Gasteiger partial charge in [0.2, 0.25) is 5.91 Å². The van der Waals surface area contributed by atoms with Gasteiger partial charge in [-0.1, -0.05) is 0 Å². The first-order valence-electron chi connectivity index (χ1n) is 7.51. The normalized spacial score (nSPS) is 14.1. The predicted octanol–water partition coefficient (Wildman–Crippen LogP) is 2.37. The van der Waals surface area contributed by atoms with Crippen LogP contribution in [0.4, 0.5) is 0 Å². The Labute approximate surface area is 128 Å². The fraction of sp³-hybridized carbons (Fsp3) is 0.750. The van der Waals surface area contributed by atoms with Crippen LogP contribution < -0.4 is 10.6 Å². The number of amides is 1. The second-order valence-electron chi connectivity index (χ2n) is 7.35. The molecule has 1 rings (SSSR count). The number of carbonyl (C=O) groups excluding carboxylic acids is 1. The smallest absolute Gasteiger partial charge is 0.226 e. The molecule has 5 heteroatoms. The number of carbonyl (C=O) groups is 1. The molecule has 0 bridgehead atoms. The molecule has 0 aliphatic carbocycles. The molecule has 0 radical (unpaired) electrons. The Morgan fingerprint density at radius 2 is 1.90 bits per heavy atom. The standard InChI is InChI=1S/C16H30N4O/c1-11(18-10-16(6,7)14(21)17-8)13-9-20(15(3,4)5)19-12(13)2/h9,11,18H,10H2,1-8H3,(H,17,21)/t11-/m0/s1. The zero-order chi connectivity index (χ0) is 16.4. The molecule has 0 aromatic carbocycles. The van der Waals surface area contributed by atoms with E-state index in [1.54, 1.807) is 7.05 Å². The van der Waals surface area contributed by atoms with Crippen molar-refractivity contribution in [3.05, 3.63) is 17.5 Å². The van der Waals surface area contributed by atoms with E-state index < -0.39 is 5.41 Å². The molecule has 0 aliphatic heterocycles. The molecule has 1 heterocycles. The lowest BCUT2D eigenvalue weighted by atomic mass is 9.91. The van der Waals surface area contributed by atoms with Crippen molar-refractivity contribution in [2.24, 2.45) is 5.41 Å². The zero-order valence-electron chi connectivity index (χ0n) is 14.7. The summed E-state index contributed by atoms with van der Waals surface area (Å²) in [6, 6.07) is 0.157. The lowest BCUT2D eigenvalue weighted by Crippen LogP contribution is -2.42. The number of hydrogen-bond acceptors (Lipinski definition) is 3. The van der Waals surface area contributed by atoms with Gasteiger partial charge in [0.1, 0.15) is 0 Å². The third-order valence-corrected chi connectivity index (χ3v) is 3.78. The van der Waals surface area contributed by atoms with Gasteiger partial charge in [-0.3, -0.25) is 9.48 Å². The van der Waals surface area contributed by atoms with Gasteiger partial charge >= 0.3 is 0 Å². The molecule has 0 fully saturated rings. The number of nitrogens with one attached hydrogen (secondary N) is 2. The van der Waals surface area contributed by atoms with Crippen LogP contribution in [0.1, 0.15) is 58.8 Å². The second kappa shape index (κ2) is 6.18. The Bertz CT molecular complexity index is 497. The summed E-state index contributed by atoms with van der Waals surface area (Å²) < 4.78 is 2.00. The third kappa shape index (κ3) is 4.30. The Hall–Kier alpha value is -1.36. The van der Waals surface area contributed by atoms with E-state index in [9.17, 15) is 4.79 Å². The highest BCUT2D eigenvalue weighted by Gasteiger charge is 2.27. The number of hydrogen-bond donors (Lipinski definition) is 2. The van der Waals surface area contributed by atoms with E-state index in [4.69, 9.17) is 0 Å². The van der Waals surface area contributed by atoms with Crippen LogP contribution in [0, 0.1) is 12.3 Å². The van der Waals surface area contributed by atoms with Crippen molar-refractivity contribution < 1.29 is 4.79 Å². The van der Waals surface area contributed by atoms with E-state index in [0.29, 0.717) is 6.54 Å². The lowest BCUT2D eigenvalue weighted by Gasteiger charge is -2.25. The maximum absolute atomic E-state index is 11.8. The van der Waals surface area contributed by atoms with E-state index in [0.717, 1.165) is 5.69 Å². The highest BCUT2D eigenvalue weighted by Crippen LogP contribution is 2.22. The van der Waals surface area contributed by atoms with Crippen LogP contribution in [-0.2, 0) is 10.3 Å². The molecule has 0 aliphatic rings. The predicted molar refractivity (Wildman–Crippen MR) is 86.2 cm³/mol. The van der Waals surface area contributed by atoms with Crippen molar-refractivity contribution in [3.8, 4) is 0 Å². The minimum absolute atomic E-state index is 0.0237. The summed E-state index contributed by atoms with van der Waals surface area (Å²) in [5.41, 5.74) is 1.75. The monoisotopic (exact) mass is 294 g/mol. The zero-order valence-corrected chi connectivity index (χ0v) is 14.7. The maximum atomic E-state index is 11.8. The van der Waals surface area contributed by atoms with Gasteiger partial charge in [-0.05, 0) is 48.5 Å². The molecule has 1 aromatic heterocycles.